The third kappa shape index (κ3) is 3.68. The van der Waals surface area contributed by atoms with Crippen molar-refractivity contribution in [1.29, 1.82) is 0 Å². The molecule has 0 aliphatic carbocycles. The number of aromatic nitrogens is 2. The second-order valence-corrected chi connectivity index (χ2v) is 6.74. The number of aryl methyl sites for hydroxylation is 2. The fourth-order valence-electron chi connectivity index (χ4n) is 1.81. The zero-order valence-electron chi connectivity index (χ0n) is 11.7. The smallest absolute Gasteiger partial charge is 0.128 e. The summed E-state index contributed by atoms with van der Waals surface area (Å²) in [5.41, 5.74) is 1.31. The number of fused-ring (bicyclic) bond motifs is 1. The van der Waals surface area contributed by atoms with E-state index >= 15 is 0 Å². The monoisotopic (exact) mass is 296 g/mol. The quantitative estimate of drug-likeness (QED) is 0.435. The van der Waals surface area contributed by atoms with Crippen LogP contribution in [-0.4, -0.2) is 28.9 Å². The number of thiophene rings is 1. The molecule has 3 nitrogen and oxygen atoms in total. The van der Waals surface area contributed by atoms with Gasteiger partial charge in [0.05, 0.1) is 6.61 Å². The number of ether oxygens (including phenoxy) is 1. The van der Waals surface area contributed by atoms with Crippen molar-refractivity contribution in [2.45, 2.75) is 38.6 Å². The number of hydrogen-bond donors (Lipinski definition) is 0. The Bertz CT molecular complexity index is 539. The molecule has 104 valence electrons. The van der Waals surface area contributed by atoms with Crippen molar-refractivity contribution in [2.24, 2.45) is 0 Å². The lowest BCUT2D eigenvalue weighted by atomic mass is 10.2. The first kappa shape index (κ1) is 14.8. The molecule has 0 spiro atoms. The molecule has 2 rings (SSSR count). The SMILES string of the molecule is CCCCOCCSc1ncnc2sc(C)c(C)c12. The number of thioether (sulfide) groups is 1. The minimum atomic E-state index is 0.790. The lowest BCUT2D eigenvalue weighted by Crippen LogP contribution is -1.99. The molecule has 0 unspecified atom stereocenters. The zero-order chi connectivity index (χ0) is 13.7. The highest BCUT2D eigenvalue weighted by Crippen LogP contribution is 2.34. The van der Waals surface area contributed by atoms with Gasteiger partial charge >= 0.3 is 0 Å². The van der Waals surface area contributed by atoms with Gasteiger partial charge in [-0.1, -0.05) is 13.3 Å². The summed E-state index contributed by atoms with van der Waals surface area (Å²) in [6.45, 7) is 8.13. The van der Waals surface area contributed by atoms with Crippen LogP contribution in [0.4, 0.5) is 0 Å². The molecule has 0 N–H and O–H groups in total. The first-order valence-corrected chi connectivity index (χ1v) is 8.45. The van der Waals surface area contributed by atoms with E-state index in [4.69, 9.17) is 4.74 Å². The van der Waals surface area contributed by atoms with Gasteiger partial charge in [0.15, 0.2) is 0 Å². The van der Waals surface area contributed by atoms with Gasteiger partial charge in [-0.2, -0.15) is 0 Å². The Morgan fingerprint density at radius 2 is 2.11 bits per heavy atom. The van der Waals surface area contributed by atoms with E-state index in [1.165, 1.54) is 22.2 Å². The van der Waals surface area contributed by atoms with E-state index in [1.54, 1.807) is 29.4 Å². The van der Waals surface area contributed by atoms with Gasteiger partial charge in [0, 0.05) is 22.6 Å². The van der Waals surface area contributed by atoms with Crippen molar-refractivity contribution < 1.29 is 4.74 Å². The summed E-state index contributed by atoms with van der Waals surface area (Å²) in [4.78, 5) is 11.2. The number of hydrogen-bond acceptors (Lipinski definition) is 5. The van der Waals surface area contributed by atoms with Crippen molar-refractivity contribution in [1.82, 2.24) is 9.97 Å². The number of rotatable bonds is 7. The summed E-state index contributed by atoms with van der Waals surface area (Å²) in [5, 5.41) is 2.31. The maximum Gasteiger partial charge on any atom is 0.128 e. The molecule has 0 amide bonds. The summed E-state index contributed by atoms with van der Waals surface area (Å²) in [7, 11) is 0. The van der Waals surface area contributed by atoms with Crippen LogP contribution in [-0.2, 0) is 4.74 Å². The summed E-state index contributed by atoms with van der Waals surface area (Å²) in [6, 6.07) is 0. The van der Waals surface area contributed by atoms with Gasteiger partial charge in [-0.15, -0.1) is 23.1 Å². The molecule has 0 saturated carbocycles. The van der Waals surface area contributed by atoms with Gasteiger partial charge in [0.25, 0.3) is 0 Å². The van der Waals surface area contributed by atoms with Crippen molar-refractivity contribution in [3.8, 4) is 0 Å². The Kier molecular flexibility index (Phi) is 5.60. The van der Waals surface area contributed by atoms with Gasteiger partial charge in [-0.25, -0.2) is 9.97 Å². The molecule has 2 aromatic rings. The Morgan fingerprint density at radius 1 is 1.26 bits per heavy atom. The highest BCUT2D eigenvalue weighted by atomic mass is 32.2. The van der Waals surface area contributed by atoms with Crippen LogP contribution >= 0.6 is 23.1 Å². The minimum Gasteiger partial charge on any atom is -0.381 e. The summed E-state index contributed by atoms with van der Waals surface area (Å²) < 4.78 is 5.58. The van der Waals surface area contributed by atoms with E-state index in [0.29, 0.717) is 0 Å². The average Bonchev–Trinajstić information content (AvgIpc) is 2.70. The lowest BCUT2D eigenvalue weighted by molar-refractivity contribution is 0.147. The largest absolute Gasteiger partial charge is 0.381 e. The predicted octanol–water partition coefficient (Wildman–Crippen LogP) is 4.22. The van der Waals surface area contributed by atoms with E-state index in [9.17, 15) is 0 Å². The number of unbranched alkanes of at least 4 members (excludes halogenated alkanes) is 1. The van der Waals surface area contributed by atoms with Crippen molar-refractivity contribution in [3.63, 3.8) is 0 Å². The summed E-state index contributed by atoms with van der Waals surface area (Å²) >= 11 is 3.51. The van der Waals surface area contributed by atoms with E-state index < -0.39 is 0 Å². The first-order valence-electron chi connectivity index (χ1n) is 6.65. The van der Waals surface area contributed by atoms with Crippen molar-refractivity contribution in [2.75, 3.05) is 19.0 Å². The molecular formula is C14H20N2OS2. The topological polar surface area (TPSA) is 35.0 Å². The second-order valence-electron chi connectivity index (χ2n) is 4.46. The Balaban J connectivity index is 1.97. The fourth-order valence-corrected chi connectivity index (χ4v) is 3.78. The van der Waals surface area contributed by atoms with E-state index in [-0.39, 0.29) is 0 Å². The Hall–Kier alpha value is -0.650. The van der Waals surface area contributed by atoms with Crippen LogP contribution in [0.25, 0.3) is 10.2 Å². The Labute approximate surface area is 122 Å². The van der Waals surface area contributed by atoms with E-state index in [2.05, 4.69) is 30.7 Å². The normalized spacial score (nSPS) is 11.3. The van der Waals surface area contributed by atoms with Crippen LogP contribution in [0.1, 0.15) is 30.2 Å². The van der Waals surface area contributed by atoms with Gasteiger partial charge in [0.2, 0.25) is 0 Å². The van der Waals surface area contributed by atoms with Crippen LogP contribution in [0.3, 0.4) is 0 Å². The summed E-state index contributed by atoms with van der Waals surface area (Å²) in [5.74, 6) is 0.949. The third-order valence-corrected chi connectivity index (χ3v) is 5.11. The maximum atomic E-state index is 5.58. The van der Waals surface area contributed by atoms with E-state index in [1.807, 2.05) is 0 Å². The van der Waals surface area contributed by atoms with Crippen LogP contribution in [0, 0.1) is 13.8 Å². The van der Waals surface area contributed by atoms with Crippen LogP contribution in [0.5, 0.6) is 0 Å². The molecule has 19 heavy (non-hydrogen) atoms. The highest BCUT2D eigenvalue weighted by Gasteiger charge is 2.11. The molecule has 0 radical (unpaired) electrons. The van der Waals surface area contributed by atoms with Crippen molar-refractivity contribution in [3.05, 3.63) is 16.8 Å². The highest BCUT2D eigenvalue weighted by molar-refractivity contribution is 7.99. The molecule has 0 bridgehead atoms. The predicted molar refractivity (Wildman–Crippen MR) is 83.3 cm³/mol. The lowest BCUT2D eigenvalue weighted by Gasteiger charge is -2.04. The third-order valence-electron chi connectivity index (χ3n) is 3.04. The van der Waals surface area contributed by atoms with Gasteiger partial charge in [-0.3, -0.25) is 0 Å². The zero-order valence-corrected chi connectivity index (χ0v) is 13.4. The molecule has 0 aliphatic heterocycles. The molecule has 5 heteroatoms. The number of nitrogens with zero attached hydrogens (tertiary/aromatic N) is 2. The second kappa shape index (κ2) is 7.22. The van der Waals surface area contributed by atoms with Gasteiger partial charge in [0.1, 0.15) is 16.2 Å². The van der Waals surface area contributed by atoms with Crippen LogP contribution in [0.2, 0.25) is 0 Å². The Morgan fingerprint density at radius 3 is 2.89 bits per heavy atom. The van der Waals surface area contributed by atoms with Gasteiger partial charge < -0.3 is 4.74 Å². The van der Waals surface area contributed by atoms with Crippen LogP contribution in [0.15, 0.2) is 11.4 Å². The molecule has 0 aromatic carbocycles. The van der Waals surface area contributed by atoms with Crippen LogP contribution < -0.4 is 0 Å². The molecule has 0 fully saturated rings. The molecule has 0 aliphatic rings. The maximum absolute atomic E-state index is 5.58. The van der Waals surface area contributed by atoms with Crippen molar-refractivity contribution >= 4 is 33.3 Å². The standard InChI is InChI=1S/C14H20N2OS2/c1-4-5-6-17-7-8-18-13-12-10(2)11(3)19-14(12)16-9-15-13/h9H,4-8H2,1-3H3. The molecule has 2 heterocycles. The molecule has 0 saturated heterocycles. The summed E-state index contributed by atoms with van der Waals surface area (Å²) in [6.07, 6.45) is 4.00. The average molecular weight is 296 g/mol. The first-order chi connectivity index (χ1) is 9.24. The molecule has 2 aromatic heterocycles. The molecular weight excluding hydrogens is 276 g/mol. The minimum absolute atomic E-state index is 0.790. The molecule has 0 atom stereocenters. The fraction of sp³-hybridized carbons (Fsp3) is 0.571. The van der Waals surface area contributed by atoms with E-state index in [0.717, 1.165) is 35.2 Å². The van der Waals surface area contributed by atoms with Gasteiger partial charge in [-0.05, 0) is 25.8 Å².